The van der Waals surface area contributed by atoms with Crippen LogP contribution in [0.5, 0.6) is 0 Å². The van der Waals surface area contributed by atoms with E-state index in [0.29, 0.717) is 11.3 Å². The quantitative estimate of drug-likeness (QED) is 0.235. The highest BCUT2D eigenvalue weighted by Gasteiger charge is 2.30. The molecule has 0 heterocycles. The number of benzene rings is 3. The van der Waals surface area contributed by atoms with Crippen LogP contribution in [0.15, 0.2) is 60.7 Å². The summed E-state index contributed by atoms with van der Waals surface area (Å²) in [7, 11) is 0. The van der Waals surface area contributed by atoms with E-state index in [2.05, 4.69) is 161 Å². The van der Waals surface area contributed by atoms with Crippen LogP contribution in [-0.2, 0) is 23.7 Å². The zero-order valence-corrected chi connectivity index (χ0v) is 29.9. The number of hydrogen-bond acceptors (Lipinski definition) is 2. The predicted molar refractivity (Wildman–Crippen MR) is 192 cm³/mol. The molecule has 0 fully saturated rings. The van der Waals surface area contributed by atoms with E-state index in [1.54, 1.807) is 0 Å². The monoisotopic (exact) mass is 582 g/mol. The molecule has 0 aliphatic heterocycles. The highest BCUT2D eigenvalue weighted by atomic mass is 15.0. The summed E-state index contributed by atoms with van der Waals surface area (Å²) in [5.74, 6) is 0.685. The first-order valence-corrected chi connectivity index (χ1v) is 16.7. The fraction of sp³-hybridized carbons (Fsp3) is 0.561. The summed E-state index contributed by atoms with van der Waals surface area (Å²) >= 11 is 0. The standard InChI is InChI=1S/C41H62N2/c1-14-41(15-2,28-32-25-36(39(8,9)10)30(4)37(26-32)40(11,12)13)43-35-22-20-34(21-23-35)42-33-18-16-31(17-19-33)24-29(3)27-38(5,6)7/h16-23,25-26,29,42-43H,14-15,24,27-28H2,1-13H3. The van der Waals surface area contributed by atoms with Crippen LogP contribution in [-0.4, -0.2) is 5.54 Å². The Kier molecular flexibility index (Phi) is 10.9. The fourth-order valence-corrected chi connectivity index (χ4v) is 6.90. The Morgan fingerprint density at radius 2 is 1.07 bits per heavy atom. The molecule has 0 aromatic heterocycles. The molecule has 0 aliphatic carbocycles. The third-order valence-electron chi connectivity index (χ3n) is 9.06. The zero-order valence-electron chi connectivity index (χ0n) is 29.9. The van der Waals surface area contributed by atoms with Crippen LogP contribution in [0.2, 0.25) is 0 Å². The topological polar surface area (TPSA) is 24.1 Å². The minimum absolute atomic E-state index is 0.00549. The maximum atomic E-state index is 3.98. The van der Waals surface area contributed by atoms with Crippen molar-refractivity contribution in [1.29, 1.82) is 0 Å². The van der Waals surface area contributed by atoms with Gasteiger partial charge in [0.25, 0.3) is 0 Å². The maximum absolute atomic E-state index is 3.98. The molecule has 1 atom stereocenters. The van der Waals surface area contributed by atoms with Gasteiger partial charge < -0.3 is 10.6 Å². The average molecular weight is 583 g/mol. The number of nitrogens with one attached hydrogen (secondary N) is 2. The van der Waals surface area contributed by atoms with Gasteiger partial charge in [-0.2, -0.15) is 0 Å². The molecule has 0 aliphatic rings. The highest BCUT2D eigenvalue weighted by molar-refractivity contribution is 5.63. The van der Waals surface area contributed by atoms with Crippen LogP contribution >= 0.6 is 0 Å². The first kappa shape index (κ1) is 34.7. The van der Waals surface area contributed by atoms with Gasteiger partial charge in [0.05, 0.1) is 0 Å². The summed E-state index contributed by atoms with van der Waals surface area (Å²) in [5.41, 5.74) is 11.3. The summed E-state index contributed by atoms with van der Waals surface area (Å²) < 4.78 is 0. The number of rotatable bonds is 11. The molecule has 43 heavy (non-hydrogen) atoms. The van der Waals surface area contributed by atoms with Crippen molar-refractivity contribution in [1.82, 2.24) is 0 Å². The van der Waals surface area contributed by atoms with Crippen LogP contribution in [0.3, 0.4) is 0 Å². The SMILES string of the molecule is CCC(CC)(Cc1cc(C(C)(C)C)c(C)c(C(C)(C)C)c1)Nc1ccc(Nc2ccc(CC(C)CC(C)(C)C)cc2)cc1. The van der Waals surface area contributed by atoms with Crippen LogP contribution in [0, 0.1) is 18.3 Å². The van der Waals surface area contributed by atoms with Crippen LogP contribution < -0.4 is 10.6 Å². The molecule has 0 saturated heterocycles. The van der Waals surface area contributed by atoms with E-state index in [0.717, 1.165) is 37.1 Å². The van der Waals surface area contributed by atoms with Crippen molar-refractivity contribution < 1.29 is 0 Å². The van der Waals surface area contributed by atoms with Gasteiger partial charge in [0.1, 0.15) is 0 Å². The van der Waals surface area contributed by atoms with Gasteiger partial charge in [-0.05, 0) is 125 Å². The normalized spacial score (nSPS) is 13.6. The molecule has 2 heteroatoms. The first-order valence-electron chi connectivity index (χ1n) is 16.7. The number of hydrogen-bond donors (Lipinski definition) is 2. The van der Waals surface area contributed by atoms with E-state index >= 15 is 0 Å². The zero-order chi connectivity index (χ0) is 32.2. The molecule has 0 bridgehead atoms. The van der Waals surface area contributed by atoms with Gasteiger partial charge in [0.2, 0.25) is 0 Å². The Hall–Kier alpha value is -2.74. The van der Waals surface area contributed by atoms with E-state index in [-0.39, 0.29) is 16.4 Å². The fourth-order valence-electron chi connectivity index (χ4n) is 6.90. The Labute approximate surface area is 265 Å². The average Bonchev–Trinajstić information content (AvgIpc) is 2.89. The van der Waals surface area contributed by atoms with Gasteiger partial charge >= 0.3 is 0 Å². The lowest BCUT2D eigenvalue weighted by molar-refractivity contribution is 0.306. The molecular formula is C41H62N2. The highest BCUT2D eigenvalue weighted by Crippen LogP contribution is 2.37. The van der Waals surface area contributed by atoms with Gasteiger partial charge in [-0.25, -0.2) is 0 Å². The molecule has 1 unspecified atom stereocenters. The Morgan fingerprint density at radius 1 is 0.628 bits per heavy atom. The first-order chi connectivity index (χ1) is 19.8. The second kappa shape index (κ2) is 13.5. The summed E-state index contributed by atoms with van der Waals surface area (Å²) in [6.07, 6.45) is 5.51. The molecule has 236 valence electrons. The van der Waals surface area contributed by atoms with Crippen molar-refractivity contribution in [3.63, 3.8) is 0 Å². The summed E-state index contributed by atoms with van der Waals surface area (Å²) in [5, 5.41) is 7.57. The molecule has 0 saturated carbocycles. The van der Waals surface area contributed by atoms with Gasteiger partial charge in [-0.1, -0.05) is 107 Å². The van der Waals surface area contributed by atoms with Gasteiger partial charge in [-0.15, -0.1) is 0 Å². The molecule has 3 rings (SSSR count). The van der Waals surface area contributed by atoms with Crippen molar-refractivity contribution in [2.24, 2.45) is 11.3 Å². The summed E-state index contributed by atoms with van der Waals surface area (Å²) in [6.45, 7) is 30.4. The third kappa shape index (κ3) is 9.88. The lowest BCUT2D eigenvalue weighted by atomic mass is 9.74. The maximum Gasteiger partial charge on any atom is 0.0408 e. The molecule has 0 amide bonds. The lowest BCUT2D eigenvalue weighted by Crippen LogP contribution is -2.39. The molecule has 3 aromatic carbocycles. The van der Waals surface area contributed by atoms with E-state index < -0.39 is 0 Å². The van der Waals surface area contributed by atoms with Crippen LogP contribution in [0.1, 0.15) is 130 Å². The Bertz CT molecular complexity index is 1270. The van der Waals surface area contributed by atoms with Crippen molar-refractivity contribution in [2.45, 2.75) is 138 Å². The smallest absolute Gasteiger partial charge is 0.0408 e. The summed E-state index contributed by atoms with van der Waals surface area (Å²) in [6, 6.07) is 22.8. The van der Waals surface area contributed by atoms with E-state index in [4.69, 9.17) is 0 Å². The van der Waals surface area contributed by atoms with Crippen molar-refractivity contribution in [3.05, 3.63) is 88.5 Å². The second-order valence-corrected chi connectivity index (χ2v) is 16.6. The van der Waals surface area contributed by atoms with Crippen molar-refractivity contribution in [3.8, 4) is 0 Å². The molecular weight excluding hydrogens is 520 g/mol. The molecule has 2 nitrogen and oxygen atoms in total. The largest absolute Gasteiger partial charge is 0.379 e. The van der Waals surface area contributed by atoms with Gasteiger partial charge in [0.15, 0.2) is 0 Å². The number of anilines is 3. The second-order valence-electron chi connectivity index (χ2n) is 16.6. The van der Waals surface area contributed by atoms with E-state index in [1.165, 1.54) is 39.9 Å². The van der Waals surface area contributed by atoms with Crippen molar-refractivity contribution in [2.75, 3.05) is 10.6 Å². The van der Waals surface area contributed by atoms with Crippen molar-refractivity contribution >= 4 is 17.1 Å². The molecule has 0 spiro atoms. The Morgan fingerprint density at radius 3 is 1.49 bits per heavy atom. The lowest BCUT2D eigenvalue weighted by Gasteiger charge is -2.36. The van der Waals surface area contributed by atoms with Gasteiger partial charge in [-0.3, -0.25) is 0 Å². The minimum atomic E-state index is -0.00549. The molecule has 2 N–H and O–H groups in total. The molecule has 0 radical (unpaired) electrons. The minimum Gasteiger partial charge on any atom is -0.379 e. The molecule has 3 aromatic rings. The predicted octanol–water partition coefficient (Wildman–Crippen LogP) is 12.2. The Balaban J connectivity index is 1.75. The third-order valence-corrected chi connectivity index (χ3v) is 9.06. The van der Waals surface area contributed by atoms with Crippen LogP contribution in [0.25, 0.3) is 0 Å². The van der Waals surface area contributed by atoms with E-state index in [9.17, 15) is 0 Å². The van der Waals surface area contributed by atoms with Gasteiger partial charge in [0, 0.05) is 22.6 Å². The van der Waals surface area contributed by atoms with E-state index in [1.807, 2.05) is 0 Å². The summed E-state index contributed by atoms with van der Waals surface area (Å²) in [4.78, 5) is 0. The van der Waals surface area contributed by atoms with Crippen LogP contribution in [0.4, 0.5) is 17.1 Å².